The van der Waals surface area contributed by atoms with Crippen molar-refractivity contribution >= 4 is 11.4 Å². The molecule has 0 bridgehead atoms. The lowest BCUT2D eigenvalue weighted by Gasteiger charge is -2.36. The Labute approximate surface area is 122 Å². The highest BCUT2D eigenvalue weighted by Crippen LogP contribution is 2.41. The van der Waals surface area contributed by atoms with Gasteiger partial charge in [-0.1, -0.05) is 0 Å². The summed E-state index contributed by atoms with van der Waals surface area (Å²) in [6.07, 6.45) is 0.0584. The third kappa shape index (κ3) is 2.73. The lowest BCUT2D eigenvalue weighted by Crippen LogP contribution is -2.45. The van der Waals surface area contributed by atoms with E-state index in [1.807, 2.05) is 18.7 Å². The van der Waals surface area contributed by atoms with Gasteiger partial charge in [0.15, 0.2) is 11.5 Å². The summed E-state index contributed by atoms with van der Waals surface area (Å²) in [5, 5.41) is 11.4. The molecule has 2 atom stereocenters. The zero-order valence-corrected chi connectivity index (χ0v) is 12.1. The van der Waals surface area contributed by atoms with Gasteiger partial charge in [-0.25, -0.2) is 0 Å². The summed E-state index contributed by atoms with van der Waals surface area (Å²) in [6.45, 7) is 6.03. The second-order valence-electron chi connectivity index (χ2n) is 5.40. The van der Waals surface area contributed by atoms with E-state index in [2.05, 4.69) is 0 Å². The second kappa shape index (κ2) is 5.40. The lowest BCUT2D eigenvalue weighted by molar-refractivity contribution is -0.384. The van der Waals surface area contributed by atoms with Gasteiger partial charge in [-0.3, -0.25) is 10.1 Å². The van der Waals surface area contributed by atoms with E-state index >= 15 is 0 Å². The van der Waals surface area contributed by atoms with Gasteiger partial charge < -0.3 is 19.1 Å². The fraction of sp³-hybridized carbons (Fsp3) is 0.571. The average molecular weight is 294 g/mol. The van der Waals surface area contributed by atoms with Crippen LogP contribution in [0.4, 0.5) is 11.4 Å². The van der Waals surface area contributed by atoms with Gasteiger partial charge in [0.05, 0.1) is 23.2 Å². The highest BCUT2D eigenvalue weighted by molar-refractivity contribution is 5.70. The van der Waals surface area contributed by atoms with Gasteiger partial charge in [-0.15, -0.1) is 0 Å². The Balaban J connectivity index is 2.01. The van der Waals surface area contributed by atoms with E-state index in [9.17, 15) is 10.1 Å². The third-order valence-electron chi connectivity index (χ3n) is 3.60. The number of hydrogen-bond donors (Lipinski definition) is 0. The van der Waals surface area contributed by atoms with Crippen LogP contribution in [-0.2, 0) is 4.74 Å². The molecule has 0 radical (unpaired) electrons. The quantitative estimate of drug-likeness (QED) is 0.613. The lowest BCUT2D eigenvalue weighted by atomic mass is 10.1. The molecule has 7 nitrogen and oxygen atoms in total. The first kappa shape index (κ1) is 13.9. The van der Waals surface area contributed by atoms with Crippen LogP contribution in [0.15, 0.2) is 12.1 Å². The molecule has 0 saturated carbocycles. The van der Waals surface area contributed by atoms with Crippen LogP contribution >= 0.6 is 0 Å². The molecule has 3 rings (SSSR count). The normalized spacial score (nSPS) is 24.8. The van der Waals surface area contributed by atoms with E-state index in [0.717, 1.165) is 0 Å². The summed E-state index contributed by atoms with van der Waals surface area (Å²) in [6, 6.07) is 3.16. The van der Waals surface area contributed by atoms with Crippen LogP contribution in [0.3, 0.4) is 0 Å². The minimum atomic E-state index is -0.377. The molecule has 0 N–H and O–H groups in total. The summed E-state index contributed by atoms with van der Waals surface area (Å²) >= 11 is 0. The predicted octanol–water partition coefficient (Wildman–Crippen LogP) is 1.98. The number of nitro benzene ring substituents is 1. The zero-order chi connectivity index (χ0) is 15.0. The maximum absolute atomic E-state index is 11.4. The fourth-order valence-electron chi connectivity index (χ4n) is 2.84. The monoisotopic (exact) mass is 294 g/mol. The molecular formula is C14H18N2O5. The Bertz CT molecular complexity index is 553. The van der Waals surface area contributed by atoms with Crippen molar-refractivity contribution in [1.82, 2.24) is 0 Å². The summed E-state index contributed by atoms with van der Waals surface area (Å²) in [5.41, 5.74) is 0.604. The van der Waals surface area contributed by atoms with E-state index in [1.54, 1.807) is 6.07 Å². The molecule has 114 valence electrons. The Morgan fingerprint density at radius 1 is 1.14 bits per heavy atom. The Kier molecular flexibility index (Phi) is 3.59. The van der Waals surface area contributed by atoms with Crippen LogP contribution in [0.25, 0.3) is 0 Å². The predicted molar refractivity (Wildman–Crippen MR) is 76.3 cm³/mol. The molecule has 2 aliphatic heterocycles. The molecule has 1 aromatic carbocycles. The van der Waals surface area contributed by atoms with Crippen LogP contribution in [0.2, 0.25) is 0 Å². The van der Waals surface area contributed by atoms with E-state index in [0.29, 0.717) is 43.5 Å². The number of nitrogens with zero attached hydrogens (tertiary/aromatic N) is 2. The summed E-state index contributed by atoms with van der Waals surface area (Å²) in [7, 11) is 0. The molecule has 2 aliphatic rings. The number of benzene rings is 1. The number of fused-ring (bicyclic) bond motifs is 1. The number of nitro groups is 1. The molecule has 1 aromatic rings. The minimum Gasteiger partial charge on any atom is -0.486 e. The first-order chi connectivity index (χ1) is 10.0. The van der Waals surface area contributed by atoms with Crippen LogP contribution in [0, 0.1) is 10.1 Å². The average Bonchev–Trinajstić information content (AvgIpc) is 2.44. The largest absolute Gasteiger partial charge is 0.486 e. The minimum absolute atomic E-state index is 0.0292. The van der Waals surface area contributed by atoms with Crippen LogP contribution in [0.5, 0.6) is 11.5 Å². The molecule has 0 amide bonds. The van der Waals surface area contributed by atoms with Crippen molar-refractivity contribution in [2.75, 3.05) is 31.2 Å². The highest BCUT2D eigenvalue weighted by Gasteiger charge is 2.30. The number of ether oxygens (including phenoxy) is 3. The number of anilines is 1. The Morgan fingerprint density at radius 2 is 1.71 bits per heavy atom. The molecule has 1 saturated heterocycles. The van der Waals surface area contributed by atoms with E-state index in [4.69, 9.17) is 14.2 Å². The van der Waals surface area contributed by atoms with Gasteiger partial charge in [-0.05, 0) is 13.8 Å². The van der Waals surface area contributed by atoms with Crippen molar-refractivity contribution in [1.29, 1.82) is 0 Å². The second-order valence-corrected chi connectivity index (χ2v) is 5.40. The number of morpholine rings is 1. The number of hydrogen-bond acceptors (Lipinski definition) is 6. The maximum Gasteiger partial charge on any atom is 0.296 e. The van der Waals surface area contributed by atoms with Crippen molar-refractivity contribution in [3.05, 3.63) is 22.2 Å². The standard InChI is InChI=1S/C14H18N2O5/c1-9-7-15(8-10(2)21-9)11-5-13-14(20-4-3-19-13)6-12(11)16(17)18/h5-6,9-10H,3-4,7-8H2,1-2H3/t9-,10-/m1/s1. The Morgan fingerprint density at radius 3 is 2.29 bits per heavy atom. The molecule has 0 aromatic heterocycles. The molecule has 0 unspecified atom stereocenters. The first-order valence-electron chi connectivity index (χ1n) is 7.03. The van der Waals surface area contributed by atoms with Crippen molar-refractivity contribution in [2.45, 2.75) is 26.1 Å². The summed E-state index contributed by atoms with van der Waals surface area (Å²) in [4.78, 5) is 13.0. The molecule has 0 aliphatic carbocycles. The van der Waals surface area contributed by atoms with Crippen LogP contribution < -0.4 is 14.4 Å². The molecule has 2 heterocycles. The van der Waals surface area contributed by atoms with Crippen molar-refractivity contribution in [3.63, 3.8) is 0 Å². The van der Waals surface area contributed by atoms with Crippen molar-refractivity contribution in [3.8, 4) is 11.5 Å². The van der Waals surface area contributed by atoms with Gasteiger partial charge in [0.25, 0.3) is 5.69 Å². The van der Waals surface area contributed by atoms with Gasteiger partial charge in [0, 0.05) is 19.2 Å². The fourth-order valence-corrected chi connectivity index (χ4v) is 2.84. The summed E-state index contributed by atoms with van der Waals surface area (Å²) < 4.78 is 16.6. The molecule has 7 heteroatoms. The van der Waals surface area contributed by atoms with E-state index in [-0.39, 0.29) is 22.8 Å². The van der Waals surface area contributed by atoms with Gasteiger partial charge in [0.2, 0.25) is 0 Å². The van der Waals surface area contributed by atoms with Crippen molar-refractivity contribution < 1.29 is 19.1 Å². The highest BCUT2D eigenvalue weighted by atomic mass is 16.6. The van der Waals surface area contributed by atoms with Crippen LogP contribution in [0.1, 0.15) is 13.8 Å². The number of rotatable bonds is 2. The molecular weight excluding hydrogens is 276 g/mol. The summed E-state index contributed by atoms with van der Waals surface area (Å²) in [5.74, 6) is 1.000. The van der Waals surface area contributed by atoms with E-state index in [1.165, 1.54) is 6.07 Å². The third-order valence-corrected chi connectivity index (χ3v) is 3.60. The van der Waals surface area contributed by atoms with E-state index < -0.39 is 0 Å². The van der Waals surface area contributed by atoms with Crippen LogP contribution in [-0.4, -0.2) is 43.4 Å². The topological polar surface area (TPSA) is 74.1 Å². The molecule has 1 fully saturated rings. The Hall–Kier alpha value is -2.02. The smallest absolute Gasteiger partial charge is 0.296 e. The molecule has 21 heavy (non-hydrogen) atoms. The maximum atomic E-state index is 11.4. The van der Waals surface area contributed by atoms with Gasteiger partial charge in [0.1, 0.15) is 18.9 Å². The first-order valence-corrected chi connectivity index (χ1v) is 7.03. The SMILES string of the molecule is C[C@@H]1CN(c2cc3c(cc2[N+](=O)[O-])OCCO3)C[C@@H](C)O1. The van der Waals surface area contributed by atoms with Crippen molar-refractivity contribution in [2.24, 2.45) is 0 Å². The van der Waals surface area contributed by atoms with Gasteiger partial charge >= 0.3 is 0 Å². The zero-order valence-electron chi connectivity index (χ0n) is 12.1. The van der Waals surface area contributed by atoms with Gasteiger partial charge in [-0.2, -0.15) is 0 Å². The molecule has 0 spiro atoms.